The van der Waals surface area contributed by atoms with E-state index in [-0.39, 0.29) is 36.0 Å². The molecule has 2 nitrogen and oxygen atoms in total. The van der Waals surface area contributed by atoms with Gasteiger partial charge in [0.05, 0.1) is 0 Å². The Hall–Kier alpha value is 0.470. The van der Waals surface area contributed by atoms with Gasteiger partial charge in [-0.3, -0.25) is 0 Å². The van der Waals surface area contributed by atoms with Crippen LogP contribution in [0.4, 0.5) is 0 Å². The fourth-order valence-corrected chi connectivity index (χ4v) is 8.82. The van der Waals surface area contributed by atoms with Crippen LogP contribution < -0.4 is 34.7 Å². The zero-order valence-electron chi connectivity index (χ0n) is 18.3. The molecule has 0 saturated heterocycles. The van der Waals surface area contributed by atoms with Gasteiger partial charge in [-0.15, -0.1) is 0 Å². The van der Waals surface area contributed by atoms with Gasteiger partial charge < -0.3 is 9.90 Å². The smallest absolute Gasteiger partial charge is 0.550 e. The van der Waals surface area contributed by atoms with E-state index in [0.717, 1.165) is 36.0 Å². The minimum atomic E-state index is -0.871. The van der Waals surface area contributed by atoms with Crippen molar-refractivity contribution in [1.82, 2.24) is 0 Å². The molecule has 4 aliphatic carbocycles. The van der Waals surface area contributed by atoms with Gasteiger partial charge in [-0.25, -0.2) is 0 Å². The summed E-state index contributed by atoms with van der Waals surface area (Å²) >= 11 is 0. The minimum absolute atomic E-state index is 0. The molecule has 4 rings (SSSR count). The average molecular weight is 383 g/mol. The maximum Gasteiger partial charge on any atom is 1.00 e. The van der Waals surface area contributed by atoms with Gasteiger partial charge in [0, 0.05) is 5.97 Å². The van der Waals surface area contributed by atoms with Gasteiger partial charge in [-0.2, -0.15) is 0 Å². The molecule has 0 spiro atoms. The number of hydrogen-bond acceptors (Lipinski definition) is 2. The largest absolute Gasteiger partial charge is 1.00 e. The third kappa shape index (κ3) is 3.70. The molecule has 0 N–H and O–H groups in total. The van der Waals surface area contributed by atoms with E-state index in [9.17, 15) is 9.90 Å². The molecule has 8 atom stereocenters. The van der Waals surface area contributed by atoms with Crippen LogP contribution in [0.2, 0.25) is 0 Å². The van der Waals surface area contributed by atoms with E-state index >= 15 is 0 Å². The monoisotopic (exact) mass is 382 g/mol. The molecule has 27 heavy (non-hydrogen) atoms. The molecular formula is C24H39NaO2. The average Bonchev–Trinajstić information content (AvgIpc) is 2.96. The fraction of sp³-hybridized carbons (Fsp3) is 0.958. The summed E-state index contributed by atoms with van der Waals surface area (Å²) in [6.45, 7) is 7.55. The van der Waals surface area contributed by atoms with Crippen LogP contribution in [0.25, 0.3) is 0 Å². The molecule has 148 valence electrons. The Morgan fingerprint density at radius 2 is 1.70 bits per heavy atom. The number of rotatable bonds is 4. The van der Waals surface area contributed by atoms with E-state index in [1.165, 1.54) is 64.2 Å². The fourth-order valence-electron chi connectivity index (χ4n) is 8.82. The summed E-state index contributed by atoms with van der Waals surface area (Å²) in [6, 6.07) is 0. The summed E-state index contributed by atoms with van der Waals surface area (Å²) < 4.78 is 0. The number of hydrogen-bond donors (Lipinski definition) is 0. The molecule has 0 aliphatic heterocycles. The Morgan fingerprint density at radius 3 is 2.44 bits per heavy atom. The second-order valence-electron chi connectivity index (χ2n) is 11.0. The van der Waals surface area contributed by atoms with Crippen molar-refractivity contribution >= 4 is 5.97 Å². The summed E-state index contributed by atoms with van der Waals surface area (Å²) in [5.41, 5.74) is 1.09. The van der Waals surface area contributed by atoms with Crippen LogP contribution in [0.15, 0.2) is 0 Å². The number of aliphatic carboxylic acids is 1. The first-order chi connectivity index (χ1) is 12.4. The first-order valence-electron chi connectivity index (χ1n) is 11.6. The molecule has 0 radical (unpaired) electrons. The number of carboxylic acids is 1. The van der Waals surface area contributed by atoms with Crippen molar-refractivity contribution in [3.63, 3.8) is 0 Å². The number of carbonyl (C=O) groups excluding carboxylic acids is 1. The van der Waals surface area contributed by atoms with Crippen LogP contribution in [0.1, 0.15) is 97.8 Å². The van der Waals surface area contributed by atoms with Gasteiger partial charge >= 0.3 is 29.6 Å². The Balaban J connectivity index is 0.00000210. The third-order valence-electron chi connectivity index (χ3n) is 10.1. The van der Waals surface area contributed by atoms with E-state index in [4.69, 9.17) is 0 Å². The van der Waals surface area contributed by atoms with E-state index in [1.54, 1.807) is 0 Å². The molecular weight excluding hydrogens is 343 g/mol. The van der Waals surface area contributed by atoms with Crippen LogP contribution in [0.5, 0.6) is 0 Å². The summed E-state index contributed by atoms with van der Waals surface area (Å²) in [5.74, 6) is 4.20. The van der Waals surface area contributed by atoms with Gasteiger partial charge in [0.25, 0.3) is 0 Å². The number of carbonyl (C=O) groups is 1. The molecule has 0 amide bonds. The summed E-state index contributed by atoms with van der Waals surface area (Å²) in [5, 5.41) is 10.9. The van der Waals surface area contributed by atoms with Crippen molar-refractivity contribution in [3.05, 3.63) is 0 Å². The number of fused-ring (bicyclic) bond motifs is 5. The molecule has 0 aromatic heterocycles. The van der Waals surface area contributed by atoms with Gasteiger partial charge in [0.15, 0.2) is 0 Å². The van der Waals surface area contributed by atoms with E-state index < -0.39 is 5.97 Å². The second-order valence-corrected chi connectivity index (χ2v) is 11.0. The van der Waals surface area contributed by atoms with Crippen LogP contribution in [-0.2, 0) is 4.79 Å². The van der Waals surface area contributed by atoms with Crippen molar-refractivity contribution in [2.45, 2.75) is 97.8 Å². The van der Waals surface area contributed by atoms with E-state index in [0.29, 0.717) is 16.7 Å². The van der Waals surface area contributed by atoms with Crippen molar-refractivity contribution in [2.75, 3.05) is 0 Å². The third-order valence-corrected chi connectivity index (χ3v) is 10.1. The SMILES string of the molecule is C[C@H](CCC(=O)[O-])[C@H]1CC[C@H]2[C@@H]3CC[C@H]4CCCC[C@]4(C)[C@H]3CC[C@]12C.[Na+]. The predicted molar refractivity (Wildman–Crippen MR) is 103 cm³/mol. The minimum Gasteiger partial charge on any atom is -0.550 e. The topological polar surface area (TPSA) is 40.1 Å². The Kier molecular flexibility index (Phi) is 6.82. The van der Waals surface area contributed by atoms with Gasteiger partial charge in [0.2, 0.25) is 0 Å². The molecule has 0 heterocycles. The summed E-state index contributed by atoms with van der Waals surface area (Å²) in [6.07, 6.45) is 15.5. The zero-order chi connectivity index (χ0) is 18.5. The van der Waals surface area contributed by atoms with Crippen LogP contribution in [-0.4, -0.2) is 5.97 Å². The molecule has 0 aromatic rings. The van der Waals surface area contributed by atoms with Gasteiger partial charge in [-0.05, 0) is 111 Å². The second kappa shape index (κ2) is 8.31. The molecule has 4 fully saturated rings. The van der Waals surface area contributed by atoms with Crippen LogP contribution >= 0.6 is 0 Å². The van der Waals surface area contributed by atoms with Crippen molar-refractivity contribution < 1.29 is 39.5 Å². The Bertz CT molecular complexity index is 548. The molecule has 0 unspecified atom stereocenters. The van der Waals surface area contributed by atoms with Crippen molar-refractivity contribution in [1.29, 1.82) is 0 Å². The maximum absolute atomic E-state index is 10.9. The predicted octanol–water partition coefficient (Wildman–Crippen LogP) is 2.21. The first-order valence-corrected chi connectivity index (χ1v) is 11.6. The standard InChI is InChI=1S/C24H40O2.Na/c1-16(7-12-22(25)26)19-10-11-20-18-9-8-17-6-4-5-14-23(17,2)21(18)13-15-24(19,20)3;/h16-21H,4-15H2,1-3H3,(H,25,26);/q;+1/p-1/t16-,17-,18+,19-,20+,21+,23+,24-;/m1./s1. The maximum atomic E-state index is 10.9. The van der Waals surface area contributed by atoms with Gasteiger partial charge in [0.1, 0.15) is 0 Å². The zero-order valence-corrected chi connectivity index (χ0v) is 20.3. The van der Waals surface area contributed by atoms with E-state index in [1.807, 2.05) is 0 Å². The Morgan fingerprint density at radius 1 is 0.963 bits per heavy atom. The van der Waals surface area contributed by atoms with E-state index in [2.05, 4.69) is 20.8 Å². The normalized spacial score (nSPS) is 47.1. The molecule has 0 bridgehead atoms. The Labute approximate surface area is 188 Å². The van der Waals surface area contributed by atoms with Crippen molar-refractivity contribution in [2.24, 2.45) is 46.3 Å². The molecule has 3 heteroatoms. The van der Waals surface area contributed by atoms with Gasteiger partial charge in [-0.1, -0.05) is 33.6 Å². The van der Waals surface area contributed by atoms with Crippen LogP contribution in [0.3, 0.4) is 0 Å². The van der Waals surface area contributed by atoms with Crippen LogP contribution in [0, 0.1) is 46.3 Å². The number of carboxylic acid groups (broad SMARTS) is 1. The molecule has 4 saturated carbocycles. The van der Waals surface area contributed by atoms with Crippen molar-refractivity contribution in [3.8, 4) is 0 Å². The summed E-state index contributed by atoms with van der Waals surface area (Å²) in [7, 11) is 0. The molecule has 4 aliphatic rings. The first kappa shape index (κ1) is 22.2. The molecule has 0 aromatic carbocycles. The summed E-state index contributed by atoms with van der Waals surface area (Å²) in [4.78, 5) is 10.9. The quantitative estimate of drug-likeness (QED) is 0.700.